The predicted octanol–water partition coefficient (Wildman–Crippen LogP) is -0.250. The summed E-state index contributed by atoms with van der Waals surface area (Å²) < 4.78 is 4.60. The SMILES string of the molecule is Cc1onc(O)c1C(C)C(=O)O.N[C@@H](CC(=O)O)C(=O)O. The van der Waals surface area contributed by atoms with Crippen LogP contribution in [-0.4, -0.2) is 49.5 Å². The molecule has 10 nitrogen and oxygen atoms in total. The summed E-state index contributed by atoms with van der Waals surface area (Å²) in [5.41, 5.74) is 5.08. The molecule has 0 aromatic carbocycles. The number of nitrogens with zero attached hydrogens (tertiary/aromatic N) is 1. The van der Waals surface area contributed by atoms with Gasteiger partial charge in [-0.1, -0.05) is 0 Å². The average Bonchev–Trinajstić information content (AvgIpc) is 2.68. The van der Waals surface area contributed by atoms with Crippen LogP contribution in [0.25, 0.3) is 0 Å². The van der Waals surface area contributed by atoms with Gasteiger partial charge in [-0.05, 0) is 19.0 Å². The molecule has 21 heavy (non-hydrogen) atoms. The first kappa shape index (κ1) is 18.4. The quantitative estimate of drug-likeness (QED) is 0.485. The second-order valence-electron chi connectivity index (χ2n) is 4.08. The minimum atomic E-state index is -1.29. The number of hydrogen-bond acceptors (Lipinski definition) is 7. The van der Waals surface area contributed by atoms with E-state index >= 15 is 0 Å². The van der Waals surface area contributed by atoms with Crippen molar-refractivity contribution in [3.63, 3.8) is 0 Å². The van der Waals surface area contributed by atoms with Crippen LogP contribution in [0, 0.1) is 6.92 Å². The predicted molar refractivity (Wildman–Crippen MR) is 66.8 cm³/mol. The van der Waals surface area contributed by atoms with Gasteiger partial charge in [0.15, 0.2) is 0 Å². The van der Waals surface area contributed by atoms with Gasteiger partial charge in [0.1, 0.15) is 11.8 Å². The molecule has 1 aromatic heterocycles. The van der Waals surface area contributed by atoms with Crippen molar-refractivity contribution in [3.8, 4) is 5.88 Å². The molecule has 0 spiro atoms. The number of aromatic hydroxyl groups is 1. The monoisotopic (exact) mass is 304 g/mol. The van der Waals surface area contributed by atoms with Gasteiger partial charge in [0.2, 0.25) is 0 Å². The molecule has 0 aliphatic carbocycles. The number of hydrogen-bond donors (Lipinski definition) is 5. The molecule has 118 valence electrons. The maximum atomic E-state index is 10.5. The van der Waals surface area contributed by atoms with E-state index in [9.17, 15) is 14.4 Å². The van der Waals surface area contributed by atoms with Crippen LogP contribution < -0.4 is 5.73 Å². The number of carboxylic acids is 3. The van der Waals surface area contributed by atoms with Crippen molar-refractivity contribution in [2.45, 2.75) is 32.2 Å². The highest BCUT2D eigenvalue weighted by atomic mass is 16.5. The summed E-state index contributed by atoms with van der Waals surface area (Å²) >= 11 is 0. The van der Waals surface area contributed by atoms with Gasteiger partial charge < -0.3 is 30.7 Å². The van der Waals surface area contributed by atoms with Gasteiger partial charge in [-0.15, -0.1) is 0 Å². The largest absolute Gasteiger partial charge is 0.491 e. The highest BCUT2D eigenvalue weighted by Crippen LogP contribution is 2.27. The minimum absolute atomic E-state index is 0.238. The van der Waals surface area contributed by atoms with E-state index in [0.29, 0.717) is 5.76 Å². The van der Waals surface area contributed by atoms with E-state index in [1.54, 1.807) is 6.92 Å². The lowest BCUT2D eigenvalue weighted by Crippen LogP contribution is -2.32. The van der Waals surface area contributed by atoms with Crippen LogP contribution in [0.5, 0.6) is 5.88 Å². The highest BCUT2D eigenvalue weighted by molar-refractivity contribution is 5.80. The molecule has 1 aromatic rings. The Balaban J connectivity index is 0.000000400. The van der Waals surface area contributed by atoms with Gasteiger partial charge in [-0.2, -0.15) is 0 Å². The van der Waals surface area contributed by atoms with Crippen molar-refractivity contribution in [1.29, 1.82) is 0 Å². The third-order valence-corrected chi connectivity index (χ3v) is 2.40. The van der Waals surface area contributed by atoms with E-state index in [2.05, 4.69) is 9.68 Å². The van der Waals surface area contributed by atoms with Gasteiger partial charge in [0.05, 0.1) is 17.9 Å². The average molecular weight is 304 g/mol. The zero-order valence-corrected chi connectivity index (χ0v) is 11.3. The minimum Gasteiger partial charge on any atom is -0.491 e. The van der Waals surface area contributed by atoms with E-state index in [-0.39, 0.29) is 11.4 Å². The zero-order chi connectivity index (χ0) is 16.7. The summed E-state index contributed by atoms with van der Waals surface area (Å²) in [6.45, 7) is 3.02. The van der Waals surface area contributed by atoms with Crippen molar-refractivity contribution in [1.82, 2.24) is 5.16 Å². The molecule has 10 heteroatoms. The number of carboxylic acid groups (broad SMARTS) is 3. The van der Waals surface area contributed by atoms with Crippen LogP contribution in [0.2, 0.25) is 0 Å². The lowest BCUT2D eigenvalue weighted by atomic mass is 10.0. The fourth-order valence-electron chi connectivity index (χ4n) is 1.26. The Morgan fingerprint density at radius 2 is 1.76 bits per heavy atom. The summed E-state index contributed by atoms with van der Waals surface area (Å²) in [6.07, 6.45) is -0.532. The molecule has 2 atom stereocenters. The molecule has 1 unspecified atom stereocenters. The van der Waals surface area contributed by atoms with Crippen LogP contribution in [-0.2, 0) is 14.4 Å². The number of aliphatic carboxylic acids is 3. The zero-order valence-electron chi connectivity index (χ0n) is 11.3. The maximum absolute atomic E-state index is 10.5. The Morgan fingerprint density at radius 1 is 1.24 bits per heavy atom. The molecule has 0 saturated carbocycles. The fraction of sp³-hybridized carbons (Fsp3) is 0.455. The summed E-state index contributed by atoms with van der Waals surface area (Å²) in [6, 6.07) is -1.29. The normalized spacial score (nSPS) is 12.7. The molecule has 0 radical (unpaired) electrons. The Morgan fingerprint density at radius 3 is 2.00 bits per heavy atom. The van der Waals surface area contributed by atoms with Crippen LogP contribution in [0.3, 0.4) is 0 Å². The standard InChI is InChI=1S/C7H9NO4.C4H7NO4/c1-3(7(10)11)5-4(2)12-8-6(5)9;5-2(4(8)9)1-3(6)7/h3H,1-2H3,(H,8,9)(H,10,11);2H,1,5H2,(H,6,7)(H,8,9)/t;2-/m.0/s1. The Labute approximate surface area is 118 Å². The van der Waals surface area contributed by atoms with Crippen LogP contribution in [0.4, 0.5) is 0 Å². The summed E-state index contributed by atoms with van der Waals surface area (Å²) in [4.78, 5) is 30.1. The number of aromatic nitrogens is 1. The van der Waals surface area contributed by atoms with E-state index in [1.165, 1.54) is 6.92 Å². The van der Waals surface area contributed by atoms with Crippen LogP contribution in [0.15, 0.2) is 4.52 Å². The first-order valence-electron chi connectivity index (χ1n) is 5.66. The second kappa shape index (κ2) is 7.85. The first-order chi connectivity index (χ1) is 9.57. The van der Waals surface area contributed by atoms with E-state index < -0.39 is 36.3 Å². The topological polar surface area (TPSA) is 184 Å². The third-order valence-electron chi connectivity index (χ3n) is 2.40. The maximum Gasteiger partial charge on any atom is 0.321 e. The van der Waals surface area contributed by atoms with Crippen molar-refractivity contribution in [2.75, 3.05) is 0 Å². The third kappa shape index (κ3) is 5.91. The van der Waals surface area contributed by atoms with Gasteiger partial charge in [0.25, 0.3) is 5.88 Å². The van der Waals surface area contributed by atoms with E-state index in [1.807, 2.05) is 0 Å². The lowest BCUT2D eigenvalue weighted by Gasteiger charge is -2.02. The molecule has 0 fully saturated rings. The number of aryl methyl sites for hydroxylation is 1. The molecule has 0 aliphatic heterocycles. The number of nitrogens with two attached hydrogens (primary N) is 1. The second-order valence-corrected chi connectivity index (χ2v) is 4.08. The molecule has 0 bridgehead atoms. The number of rotatable bonds is 5. The Kier molecular flexibility index (Phi) is 6.87. The van der Waals surface area contributed by atoms with Crippen LogP contribution >= 0.6 is 0 Å². The lowest BCUT2D eigenvalue weighted by molar-refractivity contribution is -0.144. The fourth-order valence-corrected chi connectivity index (χ4v) is 1.26. The molecule has 0 saturated heterocycles. The molecular weight excluding hydrogens is 288 g/mol. The molecule has 6 N–H and O–H groups in total. The Bertz CT molecular complexity index is 505. The van der Waals surface area contributed by atoms with E-state index in [4.69, 9.17) is 26.2 Å². The van der Waals surface area contributed by atoms with Gasteiger partial charge in [-0.25, -0.2) is 0 Å². The van der Waals surface area contributed by atoms with Crippen molar-refractivity contribution in [2.24, 2.45) is 5.73 Å². The molecule has 0 aliphatic rings. The summed E-state index contributed by atoms with van der Waals surface area (Å²) in [5.74, 6) is -4.32. The van der Waals surface area contributed by atoms with E-state index in [0.717, 1.165) is 0 Å². The van der Waals surface area contributed by atoms with Crippen molar-refractivity contribution < 1.29 is 39.3 Å². The molecule has 1 heterocycles. The Hall–Kier alpha value is -2.62. The summed E-state index contributed by atoms with van der Waals surface area (Å²) in [5, 5.41) is 37.0. The van der Waals surface area contributed by atoms with Crippen molar-refractivity contribution in [3.05, 3.63) is 11.3 Å². The van der Waals surface area contributed by atoms with Gasteiger partial charge >= 0.3 is 17.9 Å². The van der Waals surface area contributed by atoms with Gasteiger partial charge in [-0.3, -0.25) is 14.4 Å². The molecular formula is C11H16N2O8. The van der Waals surface area contributed by atoms with Crippen LogP contribution in [0.1, 0.15) is 30.6 Å². The smallest absolute Gasteiger partial charge is 0.321 e. The van der Waals surface area contributed by atoms with Gasteiger partial charge in [0, 0.05) is 0 Å². The van der Waals surface area contributed by atoms with Crippen molar-refractivity contribution >= 4 is 17.9 Å². The molecule has 0 amide bonds. The highest BCUT2D eigenvalue weighted by Gasteiger charge is 2.23. The first-order valence-corrected chi connectivity index (χ1v) is 5.66. The number of carbonyl (C=O) groups is 3. The summed E-state index contributed by atoms with van der Waals surface area (Å²) in [7, 11) is 0. The molecule has 1 rings (SSSR count).